The second-order valence-corrected chi connectivity index (χ2v) is 8.16. The molecule has 0 aliphatic rings. The minimum atomic E-state index is -0.372. The van der Waals surface area contributed by atoms with E-state index in [1.807, 2.05) is 69.3 Å². The zero-order valence-electron chi connectivity index (χ0n) is 16.6. The lowest BCUT2D eigenvalue weighted by Crippen LogP contribution is -2.27. The summed E-state index contributed by atoms with van der Waals surface area (Å²) in [4.78, 5) is 12.7. The first-order chi connectivity index (χ1) is 13.9. The molecule has 1 N–H and O–H groups in total. The Kier molecular flexibility index (Phi) is 6.55. The summed E-state index contributed by atoms with van der Waals surface area (Å²) in [5.41, 5.74) is 5.05. The quantitative estimate of drug-likeness (QED) is 0.290. The van der Waals surface area contributed by atoms with Gasteiger partial charge in [0.25, 0.3) is 5.91 Å². The van der Waals surface area contributed by atoms with Crippen LogP contribution < -0.4 is 5.32 Å². The van der Waals surface area contributed by atoms with Crippen molar-refractivity contribution in [2.24, 2.45) is 0 Å². The van der Waals surface area contributed by atoms with Crippen molar-refractivity contribution in [3.63, 3.8) is 0 Å². The van der Waals surface area contributed by atoms with Crippen molar-refractivity contribution in [2.75, 3.05) is 0 Å². The Morgan fingerprint density at radius 1 is 1.14 bits per heavy atom. The van der Waals surface area contributed by atoms with Gasteiger partial charge in [-0.2, -0.15) is 5.26 Å². The molecule has 0 fully saturated rings. The first-order valence-corrected chi connectivity index (χ1v) is 10.4. The molecule has 0 unspecified atom stereocenters. The molecule has 0 bridgehead atoms. The Balaban J connectivity index is 1.89. The van der Waals surface area contributed by atoms with Crippen LogP contribution in [0.25, 0.3) is 11.8 Å². The lowest BCUT2D eigenvalue weighted by molar-refractivity contribution is -0.117. The highest BCUT2D eigenvalue weighted by molar-refractivity contribution is 14.1. The summed E-state index contributed by atoms with van der Waals surface area (Å²) < 4.78 is 3.28. The second kappa shape index (κ2) is 9.10. The number of hydrogen-bond acceptors (Lipinski definition) is 2. The van der Waals surface area contributed by atoms with Crippen LogP contribution in [0, 0.1) is 28.7 Å². The highest BCUT2D eigenvalue weighted by atomic mass is 127. The third kappa shape index (κ3) is 4.77. The number of hydrogen-bond donors (Lipinski definition) is 1. The van der Waals surface area contributed by atoms with E-state index in [1.54, 1.807) is 6.08 Å². The number of nitrogens with one attached hydrogen (secondary N) is 1. The van der Waals surface area contributed by atoms with E-state index in [1.165, 1.54) is 0 Å². The Labute approximate surface area is 185 Å². The smallest absolute Gasteiger partial charge is 0.262 e. The van der Waals surface area contributed by atoms with Crippen LogP contribution in [0.3, 0.4) is 0 Å². The molecule has 5 heteroatoms. The number of halogens is 1. The molecule has 3 rings (SSSR count). The molecule has 146 valence electrons. The van der Waals surface area contributed by atoms with E-state index in [-0.39, 0.29) is 17.5 Å². The van der Waals surface area contributed by atoms with Crippen LogP contribution in [-0.4, -0.2) is 10.5 Å². The summed E-state index contributed by atoms with van der Waals surface area (Å²) in [6, 6.07) is 21.8. The number of carbonyl (C=O) groups is 1. The van der Waals surface area contributed by atoms with Crippen LogP contribution in [0.1, 0.15) is 35.5 Å². The molecule has 1 atom stereocenters. The molecule has 0 aliphatic heterocycles. The predicted octanol–water partition coefficient (Wildman–Crippen LogP) is 5.48. The van der Waals surface area contributed by atoms with Crippen molar-refractivity contribution in [3.05, 3.63) is 92.3 Å². The van der Waals surface area contributed by atoms with Gasteiger partial charge in [0, 0.05) is 20.6 Å². The van der Waals surface area contributed by atoms with Crippen LogP contribution in [0.15, 0.2) is 66.2 Å². The fraction of sp³-hybridized carbons (Fsp3) is 0.167. The van der Waals surface area contributed by atoms with Crippen molar-refractivity contribution in [1.29, 1.82) is 5.26 Å². The van der Waals surface area contributed by atoms with Crippen LogP contribution in [-0.2, 0) is 4.79 Å². The Morgan fingerprint density at radius 2 is 1.86 bits per heavy atom. The molecule has 1 amide bonds. The molecule has 29 heavy (non-hydrogen) atoms. The number of benzene rings is 2. The van der Waals surface area contributed by atoms with Crippen LogP contribution in [0.2, 0.25) is 0 Å². The van der Waals surface area contributed by atoms with Gasteiger partial charge in [-0.25, -0.2) is 0 Å². The summed E-state index contributed by atoms with van der Waals surface area (Å²) >= 11 is 2.29. The standard InChI is InChI=1S/C24H22IN3O/c1-16-12-20(18(3)28(16)23-11-7-10-22(25)14-23)13-21(15-26)24(29)27-17(2)19-8-5-4-6-9-19/h4-14,17H,1-3H3,(H,27,29)/b21-13-/t17-/m1/s1. The van der Waals surface area contributed by atoms with Crippen LogP contribution in [0.5, 0.6) is 0 Å². The van der Waals surface area contributed by atoms with Gasteiger partial charge in [-0.05, 0) is 84.8 Å². The molecule has 1 aromatic heterocycles. The average molecular weight is 495 g/mol. The highest BCUT2D eigenvalue weighted by Gasteiger charge is 2.16. The maximum atomic E-state index is 12.7. The maximum absolute atomic E-state index is 12.7. The molecular weight excluding hydrogens is 473 g/mol. The van der Waals surface area contributed by atoms with Crippen molar-refractivity contribution >= 4 is 34.6 Å². The first kappa shape index (κ1) is 20.9. The largest absolute Gasteiger partial charge is 0.345 e. The fourth-order valence-corrected chi connectivity index (χ4v) is 3.88. The summed E-state index contributed by atoms with van der Waals surface area (Å²) in [6.45, 7) is 5.93. The monoisotopic (exact) mass is 495 g/mol. The SMILES string of the molecule is Cc1cc(/C=C(/C#N)C(=O)N[C@H](C)c2ccccc2)c(C)n1-c1cccc(I)c1. The number of carbonyl (C=O) groups excluding carboxylic acids is 1. The van der Waals surface area contributed by atoms with Gasteiger partial charge < -0.3 is 9.88 Å². The van der Waals surface area contributed by atoms with Gasteiger partial charge in [0.1, 0.15) is 11.6 Å². The van der Waals surface area contributed by atoms with E-state index in [2.05, 4.69) is 50.7 Å². The molecule has 2 aromatic carbocycles. The third-order valence-corrected chi connectivity index (χ3v) is 5.52. The number of aromatic nitrogens is 1. The molecule has 0 spiro atoms. The zero-order valence-corrected chi connectivity index (χ0v) is 18.8. The van der Waals surface area contributed by atoms with Crippen molar-refractivity contribution < 1.29 is 4.79 Å². The predicted molar refractivity (Wildman–Crippen MR) is 125 cm³/mol. The second-order valence-electron chi connectivity index (χ2n) is 6.92. The van der Waals surface area contributed by atoms with Gasteiger partial charge >= 0.3 is 0 Å². The molecule has 0 aliphatic carbocycles. The number of rotatable bonds is 5. The Hall–Kier alpha value is -2.85. The van der Waals surface area contributed by atoms with Gasteiger partial charge in [0.15, 0.2) is 0 Å². The van der Waals surface area contributed by atoms with Gasteiger partial charge in [0.2, 0.25) is 0 Å². The van der Waals surface area contributed by atoms with E-state index in [9.17, 15) is 10.1 Å². The molecule has 1 heterocycles. The lowest BCUT2D eigenvalue weighted by atomic mass is 10.1. The van der Waals surface area contributed by atoms with Gasteiger partial charge in [0.05, 0.1) is 6.04 Å². The van der Waals surface area contributed by atoms with E-state index >= 15 is 0 Å². The Bertz CT molecular complexity index is 1110. The van der Waals surface area contributed by atoms with Crippen molar-refractivity contribution in [1.82, 2.24) is 9.88 Å². The molecule has 0 saturated carbocycles. The maximum Gasteiger partial charge on any atom is 0.262 e. The third-order valence-electron chi connectivity index (χ3n) is 4.85. The van der Waals surface area contributed by atoms with Crippen LogP contribution >= 0.6 is 22.6 Å². The lowest BCUT2D eigenvalue weighted by Gasteiger charge is -2.13. The summed E-state index contributed by atoms with van der Waals surface area (Å²) in [7, 11) is 0. The normalized spacial score (nSPS) is 12.3. The van der Waals surface area contributed by atoms with Crippen molar-refractivity contribution in [3.8, 4) is 11.8 Å². The van der Waals surface area contributed by atoms with Gasteiger partial charge in [-0.3, -0.25) is 4.79 Å². The molecular formula is C24H22IN3O. The van der Waals surface area contributed by atoms with E-state index in [4.69, 9.17) is 0 Å². The van der Waals surface area contributed by atoms with Crippen molar-refractivity contribution in [2.45, 2.75) is 26.8 Å². The molecule has 4 nitrogen and oxygen atoms in total. The minimum Gasteiger partial charge on any atom is -0.345 e. The highest BCUT2D eigenvalue weighted by Crippen LogP contribution is 2.24. The van der Waals surface area contributed by atoms with E-state index < -0.39 is 0 Å². The molecule has 0 radical (unpaired) electrons. The summed E-state index contributed by atoms with van der Waals surface area (Å²) in [6.07, 6.45) is 1.67. The number of nitrogens with zero attached hydrogens (tertiary/aromatic N) is 2. The minimum absolute atomic E-state index is 0.0932. The zero-order chi connectivity index (χ0) is 21.0. The molecule has 0 saturated heterocycles. The number of nitriles is 1. The fourth-order valence-electron chi connectivity index (χ4n) is 3.35. The van der Waals surface area contributed by atoms with E-state index in [0.29, 0.717) is 0 Å². The van der Waals surface area contributed by atoms with Gasteiger partial charge in [-0.1, -0.05) is 36.4 Å². The first-order valence-electron chi connectivity index (χ1n) is 9.33. The van der Waals surface area contributed by atoms with Crippen LogP contribution in [0.4, 0.5) is 0 Å². The van der Waals surface area contributed by atoms with E-state index in [0.717, 1.165) is 31.8 Å². The Morgan fingerprint density at radius 3 is 2.52 bits per heavy atom. The number of aryl methyl sites for hydroxylation is 1. The van der Waals surface area contributed by atoms with Gasteiger partial charge in [-0.15, -0.1) is 0 Å². The average Bonchev–Trinajstić information content (AvgIpc) is 2.99. The summed E-state index contributed by atoms with van der Waals surface area (Å²) in [5, 5.41) is 12.5. The summed E-state index contributed by atoms with van der Waals surface area (Å²) in [5.74, 6) is -0.372. The molecule has 3 aromatic rings. The number of amides is 1. The topological polar surface area (TPSA) is 57.8 Å².